The number of aromatic nitrogens is 2. The lowest BCUT2D eigenvalue weighted by Crippen LogP contribution is -2.25. The van der Waals surface area contributed by atoms with Crippen molar-refractivity contribution in [3.63, 3.8) is 0 Å². The van der Waals surface area contributed by atoms with E-state index in [2.05, 4.69) is 32.8 Å². The second-order valence-corrected chi connectivity index (χ2v) is 11.6. The van der Waals surface area contributed by atoms with Crippen molar-refractivity contribution in [3.8, 4) is 0 Å². The number of nitrogens with one attached hydrogen (secondary N) is 3. The first kappa shape index (κ1) is 27.4. The molecule has 11 heteroatoms. The van der Waals surface area contributed by atoms with Crippen LogP contribution in [0.2, 0.25) is 0 Å². The van der Waals surface area contributed by atoms with Gasteiger partial charge in [0.05, 0.1) is 32.1 Å². The van der Waals surface area contributed by atoms with Gasteiger partial charge < -0.3 is 25.2 Å². The standard InChI is InChI=1S/C30H29N7O3S/c1-6-27(38)32-20-11-13-21(14-12-20)35-41(5,40)23-9-7-8-22(17-23)33-30-31-18-26-28(34-30)36(3)25-15-10-19(2)16-24(25)29(39)37(26)4/h6-18H,1,5H2,2-4H3,(H,32,38)(H,35,40)(H,31,33,34). The van der Waals surface area contributed by atoms with Gasteiger partial charge in [-0.25, -0.2) is 9.19 Å². The number of hydrogen-bond donors (Lipinski definition) is 3. The molecule has 0 saturated heterocycles. The molecule has 0 bridgehead atoms. The number of benzene rings is 3. The third-order valence-corrected chi connectivity index (χ3v) is 8.15. The van der Waals surface area contributed by atoms with Gasteiger partial charge in [-0.2, -0.15) is 4.98 Å². The number of nitrogens with zero attached hydrogens (tertiary/aromatic N) is 4. The molecular formula is C30H29N7O3S. The van der Waals surface area contributed by atoms with Gasteiger partial charge in [-0.05, 0) is 73.5 Å². The van der Waals surface area contributed by atoms with Gasteiger partial charge in [0.15, 0.2) is 5.82 Å². The average Bonchev–Trinajstić information content (AvgIpc) is 3.03. The topological polar surface area (TPSA) is 120 Å². The minimum atomic E-state index is -2.93. The zero-order valence-corrected chi connectivity index (χ0v) is 23.7. The van der Waals surface area contributed by atoms with Gasteiger partial charge in [0.1, 0.15) is 5.69 Å². The van der Waals surface area contributed by atoms with E-state index in [1.165, 1.54) is 6.08 Å². The predicted octanol–water partition coefficient (Wildman–Crippen LogP) is 5.11. The third-order valence-electron chi connectivity index (χ3n) is 6.57. The maximum absolute atomic E-state index is 13.5. The summed E-state index contributed by atoms with van der Waals surface area (Å²) in [6.45, 7) is 5.38. The first-order chi connectivity index (χ1) is 19.6. The lowest BCUT2D eigenvalue weighted by atomic mass is 10.1. The van der Waals surface area contributed by atoms with Gasteiger partial charge in [-0.3, -0.25) is 9.59 Å². The summed E-state index contributed by atoms with van der Waals surface area (Å²) < 4.78 is 16.5. The molecule has 3 aromatic carbocycles. The Morgan fingerprint density at radius 1 is 0.951 bits per heavy atom. The minimum Gasteiger partial charge on any atom is -0.327 e. The molecule has 0 saturated carbocycles. The number of aryl methyl sites for hydroxylation is 1. The molecule has 5 rings (SSSR count). The van der Waals surface area contributed by atoms with Crippen molar-refractivity contribution < 1.29 is 13.8 Å². The van der Waals surface area contributed by atoms with E-state index in [4.69, 9.17) is 4.98 Å². The SMILES string of the molecule is C=CC(=O)Nc1ccc(NS(=C)(=O)c2cccc(Nc3ncc4c(n3)N(C)c3ccc(C)cc3C(=O)N4C)c2)cc1. The second kappa shape index (κ2) is 10.8. The summed E-state index contributed by atoms with van der Waals surface area (Å²) in [5, 5.41) is 5.85. The van der Waals surface area contributed by atoms with Crippen LogP contribution in [0.25, 0.3) is 0 Å². The smallest absolute Gasteiger partial charge is 0.260 e. The molecule has 1 aliphatic heterocycles. The Labute approximate surface area is 238 Å². The van der Waals surface area contributed by atoms with Crippen molar-refractivity contribution in [1.29, 1.82) is 0 Å². The summed E-state index contributed by atoms with van der Waals surface area (Å²) in [6, 6.07) is 19.5. The number of anilines is 7. The van der Waals surface area contributed by atoms with Gasteiger partial charge in [0.25, 0.3) is 5.91 Å². The van der Waals surface area contributed by atoms with Crippen LogP contribution in [-0.4, -0.2) is 46.0 Å². The van der Waals surface area contributed by atoms with E-state index in [1.807, 2.05) is 43.1 Å². The molecule has 1 aliphatic rings. The fourth-order valence-electron chi connectivity index (χ4n) is 4.40. The predicted molar refractivity (Wildman–Crippen MR) is 166 cm³/mol. The van der Waals surface area contributed by atoms with Gasteiger partial charge in [-0.15, -0.1) is 0 Å². The number of hydrogen-bond acceptors (Lipinski definition) is 7. The van der Waals surface area contributed by atoms with Crippen molar-refractivity contribution in [2.24, 2.45) is 0 Å². The highest BCUT2D eigenvalue weighted by atomic mass is 32.2. The summed E-state index contributed by atoms with van der Waals surface area (Å²) in [4.78, 5) is 37.7. The Balaban J connectivity index is 1.38. The van der Waals surface area contributed by atoms with Gasteiger partial charge >= 0.3 is 0 Å². The monoisotopic (exact) mass is 567 g/mol. The molecule has 2 heterocycles. The zero-order valence-electron chi connectivity index (χ0n) is 22.8. The quantitative estimate of drug-likeness (QED) is 0.210. The molecule has 2 amide bonds. The molecular weight excluding hydrogens is 538 g/mol. The molecule has 3 N–H and O–H groups in total. The number of amides is 2. The minimum absolute atomic E-state index is 0.139. The number of carbonyl (C=O) groups excluding carboxylic acids is 2. The summed E-state index contributed by atoms with van der Waals surface area (Å²) in [6.07, 6.45) is 2.79. The summed E-state index contributed by atoms with van der Waals surface area (Å²) in [5.41, 5.74) is 4.67. The van der Waals surface area contributed by atoms with Crippen molar-refractivity contribution >= 4 is 67.6 Å². The van der Waals surface area contributed by atoms with Crippen molar-refractivity contribution in [1.82, 2.24) is 9.97 Å². The van der Waals surface area contributed by atoms with Crippen molar-refractivity contribution in [2.45, 2.75) is 11.8 Å². The Hall–Kier alpha value is -5.16. The number of rotatable bonds is 7. The van der Waals surface area contributed by atoms with Crippen LogP contribution in [0.1, 0.15) is 15.9 Å². The highest BCUT2D eigenvalue weighted by molar-refractivity contribution is 8.01. The molecule has 0 fully saturated rings. The fourth-order valence-corrected chi connectivity index (χ4v) is 5.65. The summed E-state index contributed by atoms with van der Waals surface area (Å²) in [5.74, 6) is 4.33. The van der Waals surface area contributed by atoms with Gasteiger partial charge in [-0.1, -0.05) is 24.3 Å². The second-order valence-electron chi connectivity index (χ2n) is 9.55. The van der Waals surface area contributed by atoms with Crippen molar-refractivity contribution in [2.75, 3.05) is 39.3 Å². The molecule has 1 atom stereocenters. The molecule has 0 spiro atoms. The van der Waals surface area contributed by atoms with E-state index >= 15 is 0 Å². The van der Waals surface area contributed by atoms with Crippen LogP contribution in [-0.2, 0) is 14.5 Å². The number of fused-ring (bicyclic) bond motifs is 2. The normalized spacial score (nSPS) is 13.8. The van der Waals surface area contributed by atoms with Crippen LogP contribution in [0, 0.1) is 6.92 Å². The van der Waals surface area contributed by atoms with Crippen LogP contribution >= 0.6 is 0 Å². The largest absolute Gasteiger partial charge is 0.327 e. The maximum Gasteiger partial charge on any atom is 0.260 e. The van der Waals surface area contributed by atoms with Gasteiger partial charge in [0.2, 0.25) is 11.9 Å². The Morgan fingerprint density at radius 3 is 2.41 bits per heavy atom. The van der Waals surface area contributed by atoms with E-state index in [0.717, 1.165) is 11.3 Å². The molecule has 4 aromatic rings. The van der Waals surface area contributed by atoms with E-state index in [1.54, 1.807) is 60.6 Å². The molecule has 41 heavy (non-hydrogen) atoms. The lowest BCUT2D eigenvalue weighted by molar-refractivity contribution is -0.111. The van der Waals surface area contributed by atoms with E-state index in [-0.39, 0.29) is 11.8 Å². The van der Waals surface area contributed by atoms with Crippen LogP contribution < -0.4 is 25.2 Å². The van der Waals surface area contributed by atoms with Gasteiger partial charge in [0, 0.05) is 31.2 Å². The van der Waals surface area contributed by atoms with E-state index < -0.39 is 9.71 Å². The number of carbonyl (C=O) groups is 2. The Kier molecular flexibility index (Phi) is 7.21. The van der Waals surface area contributed by atoms with Crippen LogP contribution in [0.4, 0.5) is 40.2 Å². The molecule has 10 nitrogen and oxygen atoms in total. The molecule has 1 aromatic heterocycles. The Bertz CT molecular complexity index is 1790. The average molecular weight is 568 g/mol. The van der Waals surface area contributed by atoms with E-state index in [9.17, 15) is 13.8 Å². The Morgan fingerprint density at radius 2 is 1.68 bits per heavy atom. The fraction of sp³-hybridized carbons (Fsp3) is 0.100. The molecule has 1 unspecified atom stereocenters. The highest BCUT2D eigenvalue weighted by Gasteiger charge is 2.29. The summed E-state index contributed by atoms with van der Waals surface area (Å²) >= 11 is 0. The van der Waals surface area contributed by atoms with Crippen LogP contribution in [0.3, 0.4) is 0 Å². The zero-order chi connectivity index (χ0) is 29.3. The maximum atomic E-state index is 13.5. The van der Waals surface area contributed by atoms with E-state index in [0.29, 0.717) is 45.0 Å². The first-order valence-electron chi connectivity index (χ1n) is 12.6. The lowest BCUT2D eigenvalue weighted by Gasteiger charge is -2.21. The summed E-state index contributed by atoms with van der Waals surface area (Å²) in [7, 11) is 0.631. The highest BCUT2D eigenvalue weighted by Crippen LogP contribution is 2.38. The third kappa shape index (κ3) is 5.61. The van der Waals surface area contributed by atoms with Crippen LogP contribution in [0.15, 0.2) is 90.5 Å². The molecule has 0 aliphatic carbocycles. The van der Waals surface area contributed by atoms with Crippen molar-refractivity contribution in [3.05, 3.63) is 96.7 Å². The molecule has 0 radical (unpaired) electrons. The van der Waals surface area contributed by atoms with Crippen LogP contribution in [0.5, 0.6) is 0 Å². The first-order valence-corrected chi connectivity index (χ1v) is 14.3. The molecule has 208 valence electrons.